The monoisotopic (exact) mass is 276 g/mol. The number of hydrogen-bond acceptors (Lipinski definition) is 2. The molecule has 0 aliphatic heterocycles. The van der Waals surface area contributed by atoms with Crippen molar-refractivity contribution in [3.05, 3.63) is 47.1 Å². The van der Waals surface area contributed by atoms with E-state index in [9.17, 15) is 17.6 Å². The van der Waals surface area contributed by atoms with Crippen LogP contribution in [0.4, 0.5) is 17.6 Å². The van der Waals surface area contributed by atoms with Crippen LogP contribution in [0.1, 0.15) is 5.56 Å². The number of benzene rings is 1. The first-order chi connectivity index (χ1) is 8.39. The first kappa shape index (κ1) is 12.8. The molecule has 0 N–H and O–H groups in total. The SMILES string of the molecule is Fc1ccc(-c2nccnc2Cl)c(C(F)(F)F)c1. The molecular weight excluding hydrogens is 272 g/mol. The van der Waals surface area contributed by atoms with Gasteiger partial charge < -0.3 is 0 Å². The van der Waals surface area contributed by atoms with E-state index in [0.29, 0.717) is 6.07 Å². The standard InChI is InChI=1S/C11H5ClF4N2/c12-10-9(17-3-4-18-10)7-2-1-6(13)5-8(7)11(14,15)16/h1-5H. The van der Waals surface area contributed by atoms with Crippen LogP contribution in [0.5, 0.6) is 0 Å². The molecule has 0 aliphatic carbocycles. The Balaban J connectivity index is 2.69. The van der Waals surface area contributed by atoms with Crippen LogP contribution >= 0.6 is 11.6 Å². The second kappa shape index (κ2) is 4.53. The first-order valence-corrected chi connectivity index (χ1v) is 5.11. The number of rotatable bonds is 1. The van der Waals surface area contributed by atoms with E-state index in [2.05, 4.69) is 9.97 Å². The van der Waals surface area contributed by atoms with E-state index in [1.54, 1.807) is 0 Å². The number of alkyl halides is 3. The second-order valence-corrected chi connectivity index (χ2v) is 3.74. The zero-order chi connectivity index (χ0) is 13.3. The van der Waals surface area contributed by atoms with Gasteiger partial charge in [-0.05, 0) is 18.2 Å². The average Bonchev–Trinajstić information content (AvgIpc) is 2.29. The summed E-state index contributed by atoms with van der Waals surface area (Å²) in [4.78, 5) is 7.38. The molecule has 2 aromatic rings. The molecule has 94 valence electrons. The average molecular weight is 277 g/mol. The Morgan fingerprint density at radius 3 is 2.33 bits per heavy atom. The van der Waals surface area contributed by atoms with Crippen LogP contribution < -0.4 is 0 Å². The van der Waals surface area contributed by atoms with Crippen molar-refractivity contribution in [2.45, 2.75) is 6.18 Å². The molecule has 1 heterocycles. The summed E-state index contributed by atoms with van der Waals surface area (Å²) in [5.41, 5.74) is -1.57. The lowest BCUT2D eigenvalue weighted by Gasteiger charge is -2.12. The lowest BCUT2D eigenvalue weighted by Crippen LogP contribution is -2.08. The zero-order valence-corrected chi connectivity index (χ0v) is 9.43. The summed E-state index contributed by atoms with van der Waals surface area (Å²) in [7, 11) is 0. The Bertz CT molecular complexity index is 583. The van der Waals surface area contributed by atoms with Gasteiger partial charge in [-0.2, -0.15) is 13.2 Å². The number of nitrogens with zero attached hydrogens (tertiary/aromatic N) is 2. The van der Waals surface area contributed by atoms with Gasteiger partial charge in [-0.1, -0.05) is 11.6 Å². The fourth-order valence-electron chi connectivity index (χ4n) is 1.46. The lowest BCUT2D eigenvalue weighted by molar-refractivity contribution is -0.137. The minimum atomic E-state index is -4.70. The van der Waals surface area contributed by atoms with Gasteiger partial charge in [0, 0.05) is 18.0 Å². The van der Waals surface area contributed by atoms with Crippen molar-refractivity contribution in [1.29, 1.82) is 0 Å². The molecule has 0 aliphatic rings. The maximum atomic E-state index is 12.9. The van der Waals surface area contributed by atoms with Gasteiger partial charge in [-0.15, -0.1) is 0 Å². The van der Waals surface area contributed by atoms with E-state index in [1.807, 2.05) is 0 Å². The van der Waals surface area contributed by atoms with Crippen LogP contribution in [0.15, 0.2) is 30.6 Å². The normalized spacial score (nSPS) is 11.6. The third kappa shape index (κ3) is 2.43. The van der Waals surface area contributed by atoms with Gasteiger partial charge in [0.15, 0.2) is 5.15 Å². The Morgan fingerprint density at radius 2 is 1.72 bits per heavy atom. The summed E-state index contributed by atoms with van der Waals surface area (Å²) in [5, 5.41) is -0.172. The van der Waals surface area contributed by atoms with E-state index in [0.717, 1.165) is 12.1 Å². The minimum Gasteiger partial charge on any atom is -0.251 e. The van der Waals surface area contributed by atoms with E-state index >= 15 is 0 Å². The molecule has 7 heteroatoms. The summed E-state index contributed by atoms with van der Waals surface area (Å²) in [6, 6.07) is 2.30. The van der Waals surface area contributed by atoms with Crippen LogP contribution in [0.2, 0.25) is 5.15 Å². The molecule has 0 atom stereocenters. The highest BCUT2D eigenvalue weighted by Crippen LogP contribution is 2.38. The largest absolute Gasteiger partial charge is 0.417 e. The molecule has 18 heavy (non-hydrogen) atoms. The second-order valence-electron chi connectivity index (χ2n) is 3.38. The topological polar surface area (TPSA) is 25.8 Å². The van der Waals surface area contributed by atoms with Crippen LogP contribution in [-0.4, -0.2) is 9.97 Å². The predicted octanol–water partition coefficient (Wildman–Crippen LogP) is 3.95. The Labute approximate surface area is 104 Å². The van der Waals surface area contributed by atoms with Crippen molar-refractivity contribution in [2.75, 3.05) is 0 Å². The summed E-state index contributed by atoms with van der Waals surface area (Å²) >= 11 is 5.69. The number of halogens is 5. The first-order valence-electron chi connectivity index (χ1n) is 4.73. The highest BCUT2D eigenvalue weighted by molar-refractivity contribution is 6.31. The molecule has 0 bridgehead atoms. The van der Waals surface area contributed by atoms with Crippen molar-refractivity contribution < 1.29 is 17.6 Å². The maximum absolute atomic E-state index is 12.9. The van der Waals surface area contributed by atoms with Gasteiger partial charge in [0.05, 0.1) is 5.56 Å². The van der Waals surface area contributed by atoms with Crippen LogP contribution in [0.3, 0.4) is 0 Å². The molecule has 2 rings (SSSR count). The van der Waals surface area contributed by atoms with E-state index in [1.165, 1.54) is 12.4 Å². The molecular formula is C11H5ClF4N2. The summed E-state index contributed by atoms with van der Waals surface area (Å²) < 4.78 is 51.3. The summed E-state index contributed by atoms with van der Waals surface area (Å²) in [5.74, 6) is -0.980. The molecule has 0 amide bonds. The highest BCUT2D eigenvalue weighted by Gasteiger charge is 2.35. The van der Waals surface area contributed by atoms with Gasteiger partial charge in [0.1, 0.15) is 11.5 Å². The van der Waals surface area contributed by atoms with Crippen LogP contribution in [-0.2, 0) is 6.18 Å². The fraction of sp³-hybridized carbons (Fsp3) is 0.0909. The molecule has 1 aromatic carbocycles. The Morgan fingerprint density at radius 1 is 1.06 bits per heavy atom. The minimum absolute atomic E-state index is 0.133. The Kier molecular flexibility index (Phi) is 3.21. The van der Waals surface area contributed by atoms with Gasteiger partial charge in [0.2, 0.25) is 0 Å². The van der Waals surface area contributed by atoms with Crippen molar-refractivity contribution in [3.63, 3.8) is 0 Å². The fourth-order valence-corrected chi connectivity index (χ4v) is 1.67. The molecule has 0 saturated carbocycles. The Hall–Kier alpha value is -1.69. The molecule has 2 nitrogen and oxygen atoms in total. The van der Waals surface area contributed by atoms with Gasteiger partial charge in [-0.25, -0.2) is 9.37 Å². The molecule has 0 spiro atoms. The van der Waals surface area contributed by atoms with Crippen LogP contribution in [0.25, 0.3) is 11.3 Å². The maximum Gasteiger partial charge on any atom is 0.417 e. The van der Waals surface area contributed by atoms with Gasteiger partial charge in [0.25, 0.3) is 0 Å². The third-order valence-electron chi connectivity index (χ3n) is 2.20. The summed E-state index contributed by atoms with van der Waals surface area (Å²) in [6.45, 7) is 0. The van der Waals surface area contributed by atoms with Gasteiger partial charge in [-0.3, -0.25) is 4.98 Å². The van der Waals surface area contributed by atoms with Crippen LogP contribution in [0, 0.1) is 5.82 Å². The molecule has 0 saturated heterocycles. The lowest BCUT2D eigenvalue weighted by atomic mass is 10.0. The van der Waals surface area contributed by atoms with Crippen molar-refractivity contribution in [3.8, 4) is 11.3 Å². The van der Waals surface area contributed by atoms with Crippen molar-refractivity contribution in [1.82, 2.24) is 9.97 Å². The van der Waals surface area contributed by atoms with Crippen molar-refractivity contribution >= 4 is 11.6 Å². The zero-order valence-electron chi connectivity index (χ0n) is 8.67. The summed E-state index contributed by atoms with van der Waals surface area (Å²) in [6.07, 6.45) is -2.23. The quantitative estimate of drug-likeness (QED) is 0.737. The number of aromatic nitrogens is 2. The highest BCUT2D eigenvalue weighted by atomic mass is 35.5. The van der Waals surface area contributed by atoms with E-state index in [-0.39, 0.29) is 16.4 Å². The van der Waals surface area contributed by atoms with E-state index < -0.39 is 17.6 Å². The predicted molar refractivity (Wildman–Crippen MR) is 57.4 cm³/mol. The van der Waals surface area contributed by atoms with E-state index in [4.69, 9.17) is 11.6 Å². The smallest absolute Gasteiger partial charge is 0.251 e. The van der Waals surface area contributed by atoms with Gasteiger partial charge >= 0.3 is 6.18 Å². The van der Waals surface area contributed by atoms with Crippen molar-refractivity contribution in [2.24, 2.45) is 0 Å². The third-order valence-corrected chi connectivity index (χ3v) is 2.47. The number of hydrogen-bond donors (Lipinski definition) is 0. The molecule has 1 aromatic heterocycles. The molecule has 0 unspecified atom stereocenters. The molecule has 0 radical (unpaired) electrons. The molecule has 0 fully saturated rings.